The molecule has 0 aliphatic rings. The zero-order valence-electron chi connectivity index (χ0n) is 17.2. The number of para-hydroxylation sites is 2. The van der Waals surface area contributed by atoms with Gasteiger partial charge in [0.05, 0.1) is 18.4 Å². The lowest BCUT2D eigenvalue weighted by atomic mass is 10.1. The first-order valence-electron chi connectivity index (χ1n) is 10.0. The van der Waals surface area contributed by atoms with Crippen molar-refractivity contribution in [2.75, 3.05) is 7.11 Å². The Morgan fingerprint density at radius 1 is 0.871 bits per heavy atom. The standard InChI is InChI=1S/C26H23ClN2O2/c1-31-25-11-5-2-8-21(25)19-29(18-20-12-14-22(27)15-13-20)26(30)23-9-3-4-10-24(23)28-16-6-7-17-28/h2-17H,18-19H2,1H3. The molecule has 0 fully saturated rings. The van der Waals surface area contributed by atoms with Crippen molar-refractivity contribution >= 4 is 17.5 Å². The molecule has 1 heterocycles. The summed E-state index contributed by atoms with van der Waals surface area (Å²) in [5.74, 6) is 0.709. The first kappa shape index (κ1) is 20.8. The van der Waals surface area contributed by atoms with E-state index >= 15 is 0 Å². The largest absolute Gasteiger partial charge is 0.496 e. The molecule has 0 radical (unpaired) electrons. The molecule has 4 aromatic rings. The molecule has 156 valence electrons. The number of nitrogens with zero attached hydrogens (tertiary/aromatic N) is 2. The SMILES string of the molecule is COc1ccccc1CN(Cc1ccc(Cl)cc1)C(=O)c1ccccc1-n1cccc1. The van der Waals surface area contributed by atoms with Crippen molar-refractivity contribution in [3.8, 4) is 11.4 Å². The van der Waals surface area contributed by atoms with Gasteiger partial charge in [-0.25, -0.2) is 0 Å². The quantitative estimate of drug-likeness (QED) is 0.361. The van der Waals surface area contributed by atoms with E-state index in [0.717, 1.165) is 22.6 Å². The van der Waals surface area contributed by atoms with Crippen molar-refractivity contribution in [1.82, 2.24) is 9.47 Å². The van der Waals surface area contributed by atoms with Crippen LogP contribution in [-0.4, -0.2) is 22.5 Å². The molecule has 31 heavy (non-hydrogen) atoms. The lowest BCUT2D eigenvalue weighted by molar-refractivity contribution is 0.0729. The molecule has 0 saturated heterocycles. The van der Waals surface area contributed by atoms with E-state index in [2.05, 4.69) is 0 Å². The molecule has 0 atom stereocenters. The van der Waals surface area contributed by atoms with Crippen LogP contribution < -0.4 is 4.74 Å². The molecule has 5 heteroatoms. The van der Waals surface area contributed by atoms with E-state index in [1.165, 1.54) is 0 Å². The molecule has 0 unspecified atom stereocenters. The number of hydrogen-bond donors (Lipinski definition) is 0. The van der Waals surface area contributed by atoms with Gasteiger partial charge in [-0.1, -0.05) is 54.1 Å². The van der Waals surface area contributed by atoms with Crippen molar-refractivity contribution < 1.29 is 9.53 Å². The van der Waals surface area contributed by atoms with E-state index < -0.39 is 0 Å². The second kappa shape index (κ2) is 9.54. The number of aromatic nitrogens is 1. The Morgan fingerprint density at radius 2 is 1.55 bits per heavy atom. The van der Waals surface area contributed by atoms with Gasteiger partial charge < -0.3 is 14.2 Å². The molecule has 0 saturated carbocycles. The average Bonchev–Trinajstić information content (AvgIpc) is 3.35. The Balaban J connectivity index is 1.72. The summed E-state index contributed by atoms with van der Waals surface area (Å²) in [5.41, 5.74) is 3.44. The topological polar surface area (TPSA) is 34.5 Å². The van der Waals surface area contributed by atoms with Crippen LogP contribution in [0.4, 0.5) is 0 Å². The van der Waals surface area contributed by atoms with Crippen molar-refractivity contribution in [2.24, 2.45) is 0 Å². The predicted molar refractivity (Wildman–Crippen MR) is 124 cm³/mol. The van der Waals surface area contributed by atoms with Crippen molar-refractivity contribution in [3.63, 3.8) is 0 Å². The number of halogens is 1. The summed E-state index contributed by atoms with van der Waals surface area (Å²) in [6, 6.07) is 26.9. The number of benzene rings is 3. The van der Waals surface area contributed by atoms with Gasteiger partial charge in [-0.15, -0.1) is 0 Å². The summed E-state index contributed by atoms with van der Waals surface area (Å²) in [6.45, 7) is 0.875. The van der Waals surface area contributed by atoms with Gasteiger partial charge in [-0.05, 0) is 48.0 Å². The number of carbonyl (C=O) groups excluding carboxylic acids is 1. The second-order valence-electron chi connectivity index (χ2n) is 7.21. The van der Waals surface area contributed by atoms with Crippen LogP contribution >= 0.6 is 11.6 Å². The van der Waals surface area contributed by atoms with Crippen molar-refractivity contribution in [2.45, 2.75) is 13.1 Å². The van der Waals surface area contributed by atoms with Crippen LogP contribution in [0.3, 0.4) is 0 Å². The molecule has 0 aliphatic heterocycles. The Kier molecular flexibility index (Phi) is 6.39. The fraction of sp³-hybridized carbons (Fsp3) is 0.115. The third kappa shape index (κ3) is 4.81. The van der Waals surface area contributed by atoms with Crippen LogP contribution in [0.15, 0.2) is 97.3 Å². The highest BCUT2D eigenvalue weighted by Gasteiger charge is 2.21. The molecular weight excluding hydrogens is 408 g/mol. The number of carbonyl (C=O) groups is 1. The molecular formula is C26H23ClN2O2. The van der Waals surface area contributed by atoms with Crippen LogP contribution in [0, 0.1) is 0 Å². The highest BCUT2D eigenvalue weighted by atomic mass is 35.5. The first-order chi connectivity index (χ1) is 15.2. The van der Waals surface area contributed by atoms with E-state index in [0.29, 0.717) is 23.7 Å². The minimum absolute atomic E-state index is 0.0508. The monoisotopic (exact) mass is 430 g/mol. The third-order valence-corrected chi connectivity index (χ3v) is 5.40. The molecule has 1 amide bonds. The second-order valence-corrected chi connectivity index (χ2v) is 7.64. The number of ether oxygens (including phenoxy) is 1. The summed E-state index contributed by atoms with van der Waals surface area (Å²) in [7, 11) is 1.64. The highest BCUT2D eigenvalue weighted by Crippen LogP contribution is 2.24. The minimum Gasteiger partial charge on any atom is -0.496 e. The fourth-order valence-corrected chi connectivity index (χ4v) is 3.72. The van der Waals surface area contributed by atoms with Gasteiger partial charge in [0.25, 0.3) is 5.91 Å². The van der Waals surface area contributed by atoms with Crippen LogP contribution in [0.2, 0.25) is 5.02 Å². The number of amides is 1. The zero-order valence-corrected chi connectivity index (χ0v) is 18.0. The maximum atomic E-state index is 13.8. The Hall–Kier alpha value is -3.50. The molecule has 3 aromatic carbocycles. The highest BCUT2D eigenvalue weighted by molar-refractivity contribution is 6.30. The van der Waals surface area contributed by atoms with E-state index in [1.54, 1.807) is 7.11 Å². The number of rotatable bonds is 7. The fourth-order valence-electron chi connectivity index (χ4n) is 3.59. The maximum Gasteiger partial charge on any atom is 0.256 e. The van der Waals surface area contributed by atoms with Gasteiger partial charge in [-0.3, -0.25) is 4.79 Å². The van der Waals surface area contributed by atoms with Crippen LogP contribution in [0.1, 0.15) is 21.5 Å². The lowest BCUT2D eigenvalue weighted by Crippen LogP contribution is -2.31. The van der Waals surface area contributed by atoms with E-state index in [4.69, 9.17) is 16.3 Å². The van der Waals surface area contributed by atoms with Gasteiger partial charge in [0.2, 0.25) is 0 Å². The first-order valence-corrected chi connectivity index (χ1v) is 10.4. The molecule has 0 spiro atoms. The van der Waals surface area contributed by atoms with E-state index in [1.807, 2.05) is 107 Å². The Morgan fingerprint density at radius 3 is 2.29 bits per heavy atom. The van der Waals surface area contributed by atoms with Gasteiger partial charge in [-0.2, -0.15) is 0 Å². The van der Waals surface area contributed by atoms with E-state index in [9.17, 15) is 4.79 Å². The van der Waals surface area contributed by atoms with Crippen molar-refractivity contribution in [1.29, 1.82) is 0 Å². The summed E-state index contributed by atoms with van der Waals surface area (Å²) < 4.78 is 7.48. The minimum atomic E-state index is -0.0508. The van der Waals surface area contributed by atoms with Crippen LogP contribution in [0.25, 0.3) is 5.69 Å². The van der Waals surface area contributed by atoms with Crippen molar-refractivity contribution in [3.05, 3.63) is 119 Å². The normalized spacial score (nSPS) is 10.6. The van der Waals surface area contributed by atoms with Gasteiger partial charge in [0.1, 0.15) is 5.75 Å². The third-order valence-electron chi connectivity index (χ3n) is 5.14. The zero-order chi connectivity index (χ0) is 21.6. The molecule has 0 bridgehead atoms. The van der Waals surface area contributed by atoms with Crippen LogP contribution in [-0.2, 0) is 13.1 Å². The van der Waals surface area contributed by atoms with Gasteiger partial charge in [0, 0.05) is 36.1 Å². The maximum absolute atomic E-state index is 13.8. The summed E-state index contributed by atoms with van der Waals surface area (Å²) in [4.78, 5) is 15.6. The lowest BCUT2D eigenvalue weighted by Gasteiger charge is -2.25. The van der Waals surface area contributed by atoms with E-state index in [-0.39, 0.29) is 5.91 Å². The average molecular weight is 431 g/mol. The Bertz CT molecular complexity index is 1150. The van der Waals surface area contributed by atoms with Gasteiger partial charge >= 0.3 is 0 Å². The van der Waals surface area contributed by atoms with Gasteiger partial charge in [0.15, 0.2) is 0 Å². The number of hydrogen-bond acceptors (Lipinski definition) is 2. The van der Waals surface area contributed by atoms with Crippen LogP contribution in [0.5, 0.6) is 5.75 Å². The summed E-state index contributed by atoms with van der Waals surface area (Å²) >= 11 is 6.05. The molecule has 4 nitrogen and oxygen atoms in total. The Labute approximate surface area is 187 Å². The smallest absolute Gasteiger partial charge is 0.256 e. The number of methoxy groups -OCH3 is 1. The summed E-state index contributed by atoms with van der Waals surface area (Å²) in [6.07, 6.45) is 3.88. The predicted octanol–water partition coefficient (Wildman–Crippen LogP) is 5.98. The molecule has 0 N–H and O–H groups in total. The molecule has 4 rings (SSSR count). The summed E-state index contributed by atoms with van der Waals surface area (Å²) in [5, 5.41) is 0.671. The molecule has 1 aromatic heterocycles. The molecule has 0 aliphatic carbocycles.